The maximum Gasteiger partial charge on any atom is 0.226 e. The van der Waals surface area contributed by atoms with E-state index in [1.54, 1.807) is 24.5 Å². The lowest BCUT2D eigenvalue weighted by Gasteiger charge is -2.28. The van der Waals surface area contributed by atoms with Crippen molar-refractivity contribution in [3.63, 3.8) is 0 Å². The largest absolute Gasteiger partial charge is 0.352 e. The third kappa shape index (κ3) is 5.43. The number of aromatic nitrogens is 3. The summed E-state index contributed by atoms with van der Waals surface area (Å²) in [5.41, 5.74) is 5.96. The van der Waals surface area contributed by atoms with Crippen molar-refractivity contribution in [3.05, 3.63) is 113 Å². The molecule has 0 radical (unpaired) electrons. The summed E-state index contributed by atoms with van der Waals surface area (Å²) in [6.45, 7) is 5.35. The zero-order valence-corrected chi connectivity index (χ0v) is 22.1. The SMILES string of the molecule is Cc1cc([C@@H]2[C@@H](c3ccccn3)NC(=S)N2CCC(=O)Nc2ccc(F)cc2)c(C)n1Cc1cccnc1. The highest BCUT2D eigenvalue weighted by atomic mass is 32.1. The van der Waals surface area contributed by atoms with Crippen LogP contribution in [0.2, 0.25) is 0 Å². The minimum Gasteiger partial charge on any atom is -0.352 e. The van der Waals surface area contributed by atoms with Crippen molar-refractivity contribution >= 4 is 28.9 Å². The number of carbonyl (C=O) groups is 1. The normalized spacial score (nSPS) is 16.9. The summed E-state index contributed by atoms with van der Waals surface area (Å²) >= 11 is 5.78. The Bertz CT molecular complexity index is 1420. The molecule has 2 N–H and O–H groups in total. The smallest absolute Gasteiger partial charge is 0.226 e. The number of pyridine rings is 2. The second-order valence-electron chi connectivity index (χ2n) is 9.40. The van der Waals surface area contributed by atoms with E-state index in [0.717, 1.165) is 28.2 Å². The molecule has 0 aliphatic carbocycles. The van der Waals surface area contributed by atoms with Crippen LogP contribution in [0.4, 0.5) is 10.1 Å². The molecule has 194 valence electrons. The van der Waals surface area contributed by atoms with E-state index in [1.807, 2.05) is 30.5 Å². The van der Waals surface area contributed by atoms with E-state index in [0.29, 0.717) is 23.9 Å². The number of rotatable bonds is 8. The van der Waals surface area contributed by atoms with Crippen molar-refractivity contribution in [3.8, 4) is 0 Å². The molecule has 7 nitrogen and oxygen atoms in total. The van der Waals surface area contributed by atoms with Gasteiger partial charge in [0.15, 0.2) is 5.11 Å². The maximum atomic E-state index is 13.2. The van der Waals surface area contributed by atoms with Gasteiger partial charge >= 0.3 is 0 Å². The first-order valence-electron chi connectivity index (χ1n) is 12.5. The van der Waals surface area contributed by atoms with Gasteiger partial charge in [-0.1, -0.05) is 12.1 Å². The molecular formula is C29H29FN6OS. The van der Waals surface area contributed by atoms with Crippen LogP contribution in [0.15, 0.2) is 79.3 Å². The average molecular weight is 529 g/mol. The molecule has 0 spiro atoms. The second-order valence-corrected chi connectivity index (χ2v) is 9.79. The van der Waals surface area contributed by atoms with Gasteiger partial charge in [0.05, 0.1) is 17.8 Å². The molecule has 1 saturated heterocycles. The molecule has 0 unspecified atom stereocenters. The number of carbonyl (C=O) groups excluding carboxylic acids is 1. The Morgan fingerprint density at radius 3 is 2.63 bits per heavy atom. The lowest BCUT2D eigenvalue weighted by atomic mass is 9.96. The van der Waals surface area contributed by atoms with E-state index in [9.17, 15) is 9.18 Å². The number of hydrogen-bond acceptors (Lipinski definition) is 4. The number of hydrogen-bond donors (Lipinski definition) is 2. The van der Waals surface area contributed by atoms with Gasteiger partial charge in [-0.2, -0.15) is 0 Å². The molecule has 9 heteroatoms. The van der Waals surface area contributed by atoms with E-state index in [-0.39, 0.29) is 30.2 Å². The Morgan fingerprint density at radius 2 is 1.92 bits per heavy atom. The fraction of sp³-hybridized carbons (Fsp3) is 0.241. The average Bonchev–Trinajstić information content (AvgIpc) is 3.40. The quantitative estimate of drug-likeness (QED) is 0.311. The number of anilines is 1. The number of nitrogens with one attached hydrogen (secondary N) is 2. The Hall–Kier alpha value is -4.11. The van der Waals surface area contributed by atoms with Crippen LogP contribution in [0.3, 0.4) is 0 Å². The summed E-state index contributed by atoms with van der Waals surface area (Å²) in [6, 6.07) is 17.5. The van der Waals surface area contributed by atoms with Crippen molar-refractivity contribution in [2.75, 3.05) is 11.9 Å². The molecule has 1 fully saturated rings. The number of benzene rings is 1. The summed E-state index contributed by atoms with van der Waals surface area (Å²) in [6.07, 6.45) is 5.66. The maximum absolute atomic E-state index is 13.2. The highest BCUT2D eigenvalue weighted by Crippen LogP contribution is 2.41. The van der Waals surface area contributed by atoms with Crippen LogP contribution >= 0.6 is 12.2 Å². The number of aryl methyl sites for hydroxylation is 1. The van der Waals surface area contributed by atoms with Crippen molar-refractivity contribution in [1.29, 1.82) is 0 Å². The van der Waals surface area contributed by atoms with Gasteiger partial charge in [0.25, 0.3) is 0 Å². The molecule has 1 aliphatic heterocycles. The third-order valence-corrected chi connectivity index (χ3v) is 7.25. The van der Waals surface area contributed by atoms with Crippen molar-refractivity contribution in [2.45, 2.75) is 38.9 Å². The van der Waals surface area contributed by atoms with E-state index >= 15 is 0 Å². The highest BCUT2D eigenvalue weighted by molar-refractivity contribution is 7.80. The van der Waals surface area contributed by atoms with Gasteiger partial charge in [-0.25, -0.2) is 4.39 Å². The summed E-state index contributed by atoms with van der Waals surface area (Å²) in [4.78, 5) is 23.7. The Morgan fingerprint density at radius 1 is 1.11 bits per heavy atom. The Labute approximate surface area is 226 Å². The summed E-state index contributed by atoms with van der Waals surface area (Å²) in [5.74, 6) is -0.512. The summed E-state index contributed by atoms with van der Waals surface area (Å²) in [5, 5.41) is 6.88. The van der Waals surface area contributed by atoms with Gasteiger partial charge in [-0.3, -0.25) is 14.8 Å². The summed E-state index contributed by atoms with van der Waals surface area (Å²) in [7, 11) is 0. The standard InChI is InChI=1S/C29H29FN6OS/c1-19-16-24(20(2)36(19)18-21-6-5-13-31-17-21)28-27(25-7-3-4-14-32-25)34-29(38)35(28)15-12-26(37)33-23-10-8-22(30)9-11-23/h3-11,13-14,16-17,27-28H,12,15,18H2,1-2H3,(H,33,37)(H,34,38)/t27-,28-/m1/s1. The molecule has 38 heavy (non-hydrogen) atoms. The number of nitrogens with zero attached hydrogens (tertiary/aromatic N) is 4. The van der Waals surface area contributed by atoms with E-state index < -0.39 is 0 Å². The van der Waals surface area contributed by atoms with Crippen LogP contribution in [0, 0.1) is 19.7 Å². The molecular weight excluding hydrogens is 499 g/mol. The first-order valence-corrected chi connectivity index (χ1v) is 12.9. The molecule has 1 aliphatic rings. The van der Waals surface area contributed by atoms with Crippen LogP contribution in [-0.2, 0) is 11.3 Å². The van der Waals surface area contributed by atoms with E-state index in [2.05, 4.69) is 56.0 Å². The zero-order valence-electron chi connectivity index (χ0n) is 21.3. The predicted molar refractivity (Wildman–Crippen MR) is 149 cm³/mol. The van der Waals surface area contributed by atoms with Gasteiger partial charge in [-0.05, 0) is 85.7 Å². The first kappa shape index (κ1) is 25.5. The zero-order chi connectivity index (χ0) is 26.6. The molecule has 2 atom stereocenters. The molecule has 1 aromatic carbocycles. The van der Waals surface area contributed by atoms with Gasteiger partial charge < -0.3 is 20.1 Å². The Balaban J connectivity index is 1.42. The number of amides is 1. The fourth-order valence-electron chi connectivity index (χ4n) is 5.01. The third-order valence-electron chi connectivity index (χ3n) is 6.90. The van der Waals surface area contributed by atoms with Crippen molar-refractivity contribution < 1.29 is 9.18 Å². The van der Waals surface area contributed by atoms with E-state index in [1.165, 1.54) is 12.1 Å². The lowest BCUT2D eigenvalue weighted by molar-refractivity contribution is -0.116. The van der Waals surface area contributed by atoms with Crippen molar-refractivity contribution in [2.24, 2.45) is 0 Å². The fourth-order valence-corrected chi connectivity index (χ4v) is 5.34. The topological polar surface area (TPSA) is 75.1 Å². The lowest BCUT2D eigenvalue weighted by Crippen LogP contribution is -2.33. The van der Waals surface area contributed by atoms with E-state index in [4.69, 9.17) is 12.2 Å². The van der Waals surface area contributed by atoms with Gasteiger partial charge in [-0.15, -0.1) is 0 Å². The first-order chi connectivity index (χ1) is 18.4. The van der Waals surface area contributed by atoms with Crippen LogP contribution in [0.25, 0.3) is 0 Å². The van der Waals surface area contributed by atoms with Crippen LogP contribution in [0.5, 0.6) is 0 Å². The molecule has 0 saturated carbocycles. The molecule has 5 rings (SSSR count). The van der Waals surface area contributed by atoms with Crippen LogP contribution < -0.4 is 10.6 Å². The minimum absolute atomic E-state index is 0.148. The van der Waals surface area contributed by atoms with Crippen LogP contribution in [0.1, 0.15) is 46.7 Å². The molecule has 3 aromatic heterocycles. The van der Waals surface area contributed by atoms with Gasteiger partial charge in [0, 0.05) is 55.2 Å². The van der Waals surface area contributed by atoms with Gasteiger partial charge in [0.1, 0.15) is 5.82 Å². The van der Waals surface area contributed by atoms with Crippen molar-refractivity contribution in [1.82, 2.24) is 24.8 Å². The second kappa shape index (κ2) is 11.1. The van der Waals surface area contributed by atoms with Gasteiger partial charge in [0.2, 0.25) is 5.91 Å². The monoisotopic (exact) mass is 528 g/mol. The number of thiocarbonyl (C=S) groups is 1. The summed E-state index contributed by atoms with van der Waals surface area (Å²) < 4.78 is 15.5. The highest BCUT2D eigenvalue weighted by Gasteiger charge is 2.41. The molecule has 1 amide bonds. The van der Waals surface area contributed by atoms with Crippen LogP contribution in [-0.4, -0.2) is 37.0 Å². The Kier molecular flexibility index (Phi) is 7.46. The number of halogens is 1. The minimum atomic E-state index is -0.346. The molecule has 0 bridgehead atoms. The molecule has 4 aromatic rings. The molecule has 4 heterocycles. The predicted octanol–water partition coefficient (Wildman–Crippen LogP) is 5.08.